The molecule has 4 saturated carbocycles. The van der Waals surface area contributed by atoms with Crippen molar-refractivity contribution in [2.75, 3.05) is 0 Å². The van der Waals surface area contributed by atoms with Gasteiger partial charge < -0.3 is 9.80 Å². The van der Waals surface area contributed by atoms with Crippen LogP contribution in [0.15, 0.2) is 0 Å². The number of hydrogen-bond donors (Lipinski definition) is 0. The van der Waals surface area contributed by atoms with Gasteiger partial charge in [0.15, 0.2) is 0 Å². The first-order valence-corrected chi connectivity index (χ1v) is 10.2. The highest BCUT2D eigenvalue weighted by molar-refractivity contribution is 7.89. The Morgan fingerprint density at radius 3 is 0.864 bits per heavy atom. The second kappa shape index (κ2) is 6.35. The van der Waals surface area contributed by atoms with Gasteiger partial charge in [-0.05, 0) is 77.0 Å². The van der Waals surface area contributed by atoms with Gasteiger partial charge in [0.25, 0.3) is 0 Å². The van der Waals surface area contributed by atoms with Crippen LogP contribution in [0.3, 0.4) is 0 Å². The lowest BCUT2D eigenvalue weighted by Crippen LogP contribution is -2.60. The van der Waals surface area contributed by atoms with Crippen LogP contribution in [0, 0.1) is 0 Å². The standard InChI is InChI=1S/C18H28N2S2/c21-17(19(13-5-1-6-13)14-7-2-8-14)18(22)20(15-9-3-10-15)16-11-4-12-16/h13-16H,1-12H2. The number of nitrogens with zero attached hydrogens (tertiary/aromatic N) is 2. The van der Waals surface area contributed by atoms with E-state index < -0.39 is 0 Å². The van der Waals surface area contributed by atoms with Gasteiger partial charge in [-0.15, -0.1) is 0 Å². The minimum Gasteiger partial charge on any atom is -0.354 e. The van der Waals surface area contributed by atoms with Crippen LogP contribution < -0.4 is 0 Å². The summed E-state index contributed by atoms with van der Waals surface area (Å²) < 4.78 is 0. The smallest absolute Gasteiger partial charge is 0.137 e. The van der Waals surface area contributed by atoms with Crippen molar-refractivity contribution in [2.45, 2.75) is 101 Å². The normalized spacial score (nSPS) is 26.4. The molecule has 4 heteroatoms. The van der Waals surface area contributed by atoms with Crippen LogP contribution in [0.2, 0.25) is 0 Å². The Bertz CT molecular complexity index is 378. The van der Waals surface area contributed by atoms with Crippen molar-refractivity contribution in [1.82, 2.24) is 9.80 Å². The highest BCUT2D eigenvalue weighted by atomic mass is 32.1. The Morgan fingerprint density at radius 1 is 0.500 bits per heavy atom. The number of rotatable bonds is 4. The highest BCUT2D eigenvalue weighted by Crippen LogP contribution is 2.37. The molecule has 0 radical (unpaired) electrons. The van der Waals surface area contributed by atoms with Gasteiger partial charge in [0.1, 0.15) is 9.98 Å². The molecule has 0 aromatic rings. The van der Waals surface area contributed by atoms with Gasteiger partial charge in [-0.25, -0.2) is 0 Å². The quantitative estimate of drug-likeness (QED) is 0.699. The molecule has 0 spiro atoms. The van der Waals surface area contributed by atoms with E-state index in [4.69, 9.17) is 24.4 Å². The first-order valence-electron chi connectivity index (χ1n) is 9.40. The molecule has 22 heavy (non-hydrogen) atoms. The van der Waals surface area contributed by atoms with Crippen molar-refractivity contribution >= 4 is 34.4 Å². The van der Waals surface area contributed by atoms with E-state index in [0.717, 1.165) is 9.98 Å². The van der Waals surface area contributed by atoms with Gasteiger partial charge in [-0.1, -0.05) is 24.4 Å². The Kier molecular flexibility index (Phi) is 4.42. The third kappa shape index (κ3) is 2.60. The predicted molar refractivity (Wildman–Crippen MR) is 99.4 cm³/mol. The molecular weight excluding hydrogens is 308 g/mol. The molecule has 0 atom stereocenters. The summed E-state index contributed by atoms with van der Waals surface area (Å²) in [4.78, 5) is 7.22. The maximum absolute atomic E-state index is 5.95. The monoisotopic (exact) mass is 336 g/mol. The predicted octanol–water partition coefficient (Wildman–Crippen LogP) is 4.46. The van der Waals surface area contributed by atoms with Crippen molar-refractivity contribution in [3.05, 3.63) is 0 Å². The number of thiocarbonyl (C=S) groups is 2. The first kappa shape index (κ1) is 15.3. The van der Waals surface area contributed by atoms with Crippen LogP contribution in [-0.2, 0) is 0 Å². The second-order valence-electron chi connectivity index (χ2n) is 7.76. The molecule has 122 valence electrons. The van der Waals surface area contributed by atoms with Gasteiger partial charge >= 0.3 is 0 Å². The molecule has 0 heterocycles. The molecular formula is C18H28N2S2. The molecule has 4 rings (SSSR count). The van der Waals surface area contributed by atoms with Crippen LogP contribution in [0.25, 0.3) is 0 Å². The van der Waals surface area contributed by atoms with Crippen LogP contribution >= 0.6 is 24.4 Å². The molecule has 0 N–H and O–H groups in total. The van der Waals surface area contributed by atoms with E-state index in [-0.39, 0.29) is 0 Å². The summed E-state index contributed by atoms with van der Waals surface area (Å²) in [5, 5.41) is 0. The fourth-order valence-corrected chi connectivity index (χ4v) is 4.95. The molecule has 0 bridgehead atoms. The van der Waals surface area contributed by atoms with E-state index in [1.54, 1.807) is 0 Å². The van der Waals surface area contributed by atoms with Gasteiger partial charge in [0.05, 0.1) is 0 Å². The minimum absolute atomic E-state index is 0.695. The Balaban J connectivity index is 1.49. The van der Waals surface area contributed by atoms with E-state index in [1.807, 2.05) is 0 Å². The van der Waals surface area contributed by atoms with Crippen molar-refractivity contribution < 1.29 is 0 Å². The molecule has 0 saturated heterocycles. The van der Waals surface area contributed by atoms with Gasteiger partial charge in [-0.3, -0.25) is 0 Å². The Morgan fingerprint density at radius 2 is 0.727 bits per heavy atom. The fraction of sp³-hybridized carbons (Fsp3) is 0.889. The lowest BCUT2D eigenvalue weighted by atomic mass is 9.83. The van der Waals surface area contributed by atoms with Crippen molar-refractivity contribution in [1.29, 1.82) is 0 Å². The topological polar surface area (TPSA) is 6.48 Å². The summed E-state index contributed by atoms with van der Waals surface area (Å²) in [5.74, 6) is 0. The van der Waals surface area contributed by atoms with Gasteiger partial charge in [0.2, 0.25) is 0 Å². The third-order valence-corrected chi connectivity index (χ3v) is 7.46. The number of hydrogen-bond acceptors (Lipinski definition) is 2. The molecule has 0 amide bonds. The SMILES string of the molecule is S=C(C(=S)N(C1CCC1)C1CCC1)N(C1CCC1)C1CCC1. The summed E-state index contributed by atoms with van der Waals surface area (Å²) in [6, 6.07) is 2.78. The third-order valence-electron chi connectivity index (χ3n) is 6.52. The van der Waals surface area contributed by atoms with Gasteiger partial charge in [-0.2, -0.15) is 0 Å². The van der Waals surface area contributed by atoms with Crippen molar-refractivity contribution in [2.24, 2.45) is 0 Å². The highest BCUT2D eigenvalue weighted by Gasteiger charge is 2.41. The van der Waals surface area contributed by atoms with Crippen LogP contribution in [0.4, 0.5) is 0 Å². The van der Waals surface area contributed by atoms with E-state index in [1.165, 1.54) is 77.0 Å². The lowest BCUT2D eigenvalue weighted by molar-refractivity contribution is 0.103. The molecule has 0 aliphatic heterocycles. The average Bonchev–Trinajstić information content (AvgIpc) is 2.26. The fourth-order valence-electron chi connectivity index (χ4n) is 4.14. The lowest BCUT2D eigenvalue weighted by Gasteiger charge is -2.52. The zero-order valence-electron chi connectivity index (χ0n) is 13.5. The van der Waals surface area contributed by atoms with E-state index in [0.29, 0.717) is 24.2 Å². The van der Waals surface area contributed by atoms with Gasteiger partial charge in [0, 0.05) is 24.2 Å². The molecule has 4 aliphatic carbocycles. The molecule has 4 fully saturated rings. The second-order valence-corrected chi connectivity index (χ2v) is 8.54. The molecule has 0 aromatic carbocycles. The van der Waals surface area contributed by atoms with Crippen LogP contribution in [0.1, 0.15) is 77.0 Å². The maximum atomic E-state index is 5.95. The van der Waals surface area contributed by atoms with Crippen LogP contribution in [0.5, 0.6) is 0 Å². The molecule has 0 unspecified atom stereocenters. The largest absolute Gasteiger partial charge is 0.354 e. The molecule has 2 nitrogen and oxygen atoms in total. The summed E-state index contributed by atoms with van der Waals surface area (Å²) in [6.07, 6.45) is 16.1. The van der Waals surface area contributed by atoms with Crippen molar-refractivity contribution in [3.8, 4) is 0 Å². The zero-order chi connectivity index (χ0) is 15.1. The Labute approximate surface area is 145 Å². The Hall–Kier alpha value is -0.220. The maximum Gasteiger partial charge on any atom is 0.137 e. The summed E-state index contributed by atoms with van der Waals surface area (Å²) >= 11 is 11.9. The molecule has 4 aliphatic rings. The summed E-state index contributed by atoms with van der Waals surface area (Å²) in [7, 11) is 0. The van der Waals surface area contributed by atoms with Crippen molar-refractivity contribution in [3.63, 3.8) is 0 Å². The van der Waals surface area contributed by atoms with E-state index in [9.17, 15) is 0 Å². The average molecular weight is 337 g/mol. The minimum atomic E-state index is 0.695. The van der Waals surface area contributed by atoms with E-state index in [2.05, 4.69) is 9.80 Å². The van der Waals surface area contributed by atoms with E-state index >= 15 is 0 Å². The molecule has 0 aromatic heterocycles. The summed E-state index contributed by atoms with van der Waals surface area (Å²) in [5.41, 5.74) is 0. The summed E-state index contributed by atoms with van der Waals surface area (Å²) in [6.45, 7) is 0. The zero-order valence-corrected chi connectivity index (χ0v) is 15.1. The van der Waals surface area contributed by atoms with Crippen LogP contribution in [-0.4, -0.2) is 43.9 Å². The first-order chi connectivity index (χ1) is 10.8.